The van der Waals surface area contributed by atoms with Gasteiger partial charge in [0.1, 0.15) is 0 Å². The Kier molecular flexibility index (Phi) is 8.23. The fourth-order valence-corrected chi connectivity index (χ4v) is 4.73. The van der Waals surface area contributed by atoms with Gasteiger partial charge in [0.2, 0.25) is 0 Å². The molecule has 0 heterocycles. The molecule has 3 aromatic rings. The minimum Gasteiger partial charge on any atom is -0.348 e. The molecule has 0 spiro atoms. The fraction of sp³-hybridized carbons (Fsp3) is 0.320. The van der Waals surface area contributed by atoms with Crippen LogP contribution in [0.2, 0.25) is 10.0 Å². The van der Waals surface area contributed by atoms with Crippen molar-refractivity contribution in [3.8, 4) is 0 Å². The third-order valence-corrected chi connectivity index (χ3v) is 6.76. The van der Waals surface area contributed by atoms with Crippen molar-refractivity contribution in [1.82, 2.24) is 10.6 Å². The van der Waals surface area contributed by atoms with Gasteiger partial charge in [-0.25, -0.2) is 0 Å². The highest BCUT2D eigenvalue weighted by Crippen LogP contribution is 2.28. The Bertz CT molecular complexity index is 1050. The number of nitrogens with one attached hydrogen (secondary N) is 2. The van der Waals surface area contributed by atoms with Crippen LogP contribution in [0.5, 0.6) is 0 Å². The Morgan fingerprint density at radius 1 is 0.935 bits per heavy atom. The molecule has 3 atom stereocenters. The molecule has 3 aromatic carbocycles. The van der Waals surface area contributed by atoms with Crippen LogP contribution in [-0.2, 0) is 0 Å². The van der Waals surface area contributed by atoms with Gasteiger partial charge < -0.3 is 10.6 Å². The van der Waals surface area contributed by atoms with E-state index in [4.69, 9.17) is 23.2 Å². The molecule has 1 aliphatic carbocycles. The SMILES string of the molecule is CC(N[C@@H]1CCCC[C@H]1NC(=O)c1ccc(Cl)c(Cl)c1)c1cccc2ccccc12.Cl. The fourth-order valence-electron chi connectivity index (χ4n) is 4.43. The minimum atomic E-state index is -0.106. The lowest BCUT2D eigenvalue weighted by Crippen LogP contribution is -2.52. The van der Waals surface area contributed by atoms with Gasteiger partial charge >= 0.3 is 0 Å². The smallest absolute Gasteiger partial charge is 0.251 e. The molecule has 3 nitrogen and oxygen atoms in total. The molecule has 1 aliphatic rings. The van der Waals surface area contributed by atoms with E-state index >= 15 is 0 Å². The third kappa shape index (κ3) is 5.53. The number of rotatable bonds is 5. The first kappa shape index (κ1) is 23.9. The topological polar surface area (TPSA) is 41.1 Å². The van der Waals surface area contributed by atoms with Crippen molar-refractivity contribution in [2.24, 2.45) is 0 Å². The number of carbonyl (C=O) groups excluding carboxylic acids is 1. The van der Waals surface area contributed by atoms with Gasteiger partial charge in [0.25, 0.3) is 5.91 Å². The summed E-state index contributed by atoms with van der Waals surface area (Å²) in [6.07, 6.45) is 4.29. The monoisotopic (exact) mass is 476 g/mol. The van der Waals surface area contributed by atoms with Crippen LogP contribution >= 0.6 is 35.6 Å². The Labute approximate surface area is 199 Å². The van der Waals surface area contributed by atoms with Crippen molar-refractivity contribution < 1.29 is 4.79 Å². The van der Waals surface area contributed by atoms with Crippen molar-refractivity contribution in [2.45, 2.75) is 50.7 Å². The van der Waals surface area contributed by atoms with Crippen molar-refractivity contribution >= 4 is 52.3 Å². The zero-order valence-corrected chi connectivity index (χ0v) is 19.7. The summed E-state index contributed by atoms with van der Waals surface area (Å²) in [6, 6.07) is 20.4. The highest BCUT2D eigenvalue weighted by molar-refractivity contribution is 6.42. The zero-order chi connectivity index (χ0) is 21.1. The number of fused-ring (bicyclic) bond motifs is 1. The average molecular weight is 478 g/mol. The van der Waals surface area contributed by atoms with Crippen LogP contribution in [0.15, 0.2) is 60.7 Å². The van der Waals surface area contributed by atoms with Gasteiger partial charge in [-0.2, -0.15) is 0 Å². The van der Waals surface area contributed by atoms with E-state index in [9.17, 15) is 4.79 Å². The first-order valence-corrected chi connectivity index (χ1v) is 11.3. The van der Waals surface area contributed by atoms with Crippen LogP contribution in [0.3, 0.4) is 0 Å². The predicted octanol–water partition coefficient (Wildman–Crippen LogP) is 6.96. The molecule has 6 heteroatoms. The zero-order valence-electron chi connectivity index (χ0n) is 17.4. The maximum absolute atomic E-state index is 12.8. The van der Waals surface area contributed by atoms with Gasteiger partial charge in [0.15, 0.2) is 0 Å². The van der Waals surface area contributed by atoms with Crippen LogP contribution in [0, 0.1) is 0 Å². The van der Waals surface area contributed by atoms with Crippen molar-refractivity contribution in [1.29, 1.82) is 0 Å². The number of halogens is 3. The summed E-state index contributed by atoms with van der Waals surface area (Å²) in [6.45, 7) is 2.20. The normalized spacial score (nSPS) is 19.5. The van der Waals surface area contributed by atoms with Crippen LogP contribution in [0.4, 0.5) is 0 Å². The summed E-state index contributed by atoms with van der Waals surface area (Å²) < 4.78 is 0. The molecule has 0 bridgehead atoms. The largest absolute Gasteiger partial charge is 0.348 e. The Morgan fingerprint density at radius 2 is 1.65 bits per heavy atom. The Morgan fingerprint density at radius 3 is 2.42 bits per heavy atom. The predicted molar refractivity (Wildman–Crippen MR) is 133 cm³/mol. The lowest BCUT2D eigenvalue weighted by atomic mass is 9.88. The number of amides is 1. The van der Waals surface area contributed by atoms with Gasteiger partial charge in [-0.15, -0.1) is 12.4 Å². The molecular weight excluding hydrogens is 451 g/mol. The summed E-state index contributed by atoms with van der Waals surface area (Å²) in [4.78, 5) is 12.8. The van der Waals surface area contributed by atoms with Gasteiger partial charge in [-0.05, 0) is 54.3 Å². The second-order valence-electron chi connectivity index (χ2n) is 8.06. The molecule has 1 amide bonds. The molecule has 2 N–H and O–H groups in total. The van der Waals surface area contributed by atoms with Gasteiger partial charge in [0, 0.05) is 23.7 Å². The number of hydrogen-bond donors (Lipinski definition) is 2. The van der Waals surface area contributed by atoms with Gasteiger partial charge in [-0.3, -0.25) is 4.79 Å². The van der Waals surface area contributed by atoms with E-state index in [0.29, 0.717) is 15.6 Å². The van der Waals surface area contributed by atoms with E-state index in [2.05, 4.69) is 60.0 Å². The molecule has 0 saturated heterocycles. The quantitative estimate of drug-likeness (QED) is 0.417. The van der Waals surface area contributed by atoms with E-state index in [-0.39, 0.29) is 36.4 Å². The van der Waals surface area contributed by atoms with Crippen LogP contribution < -0.4 is 10.6 Å². The summed E-state index contributed by atoms with van der Waals surface area (Å²) in [7, 11) is 0. The average Bonchev–Trinajstić information content (AvgIpc) is 2.76. The lowest BCUT2D eigenvalue weighted by molar-refractivity contribution is 0.0913. The molecule has 1 saturated carbocycles. The third-order valence-electron chi connectivity index (χ3n) is 6.02. The van der Waals surface area contributed by atoms with E-state index < -0.39 is 0 Å². The maximum Gasteiger partial charge on any atom is 0.251 e. The highest BCUT2D eigenvalue weighted by atomic mass is 35.5. The molecule has 0 radical (unpaired) electrons. The van der Waals surface area contributed by atoms with Gasteiger partial charge in [0.05, 0.1) is 10.0 Å². The minimum absolute atomic E-state index is 0. The molecule has 1 fully saturated rings. The van der Waals surface area contributed by atoms with Crippen LogP contribution in [0.25, 0.3) is 10.8 Å². The summed E-state index contributed by atoms with van der Waals surface area (Å²) in [5, 5.41) is 10.4. The van der Waals surface area contributed by atoms with Crippen molar-refractivity contribution in [2.75, 3.05) is 0 Å². The summed E-state index contributed by atoms with van der Waals surface area (Å²) in [5.74, 6) is -0.106. The standard InChI is InChI=1S/C25H26Cl2N2O.ClH/c1-16(19-10-6-8-17-7-2-3-9-20(17)19)28-23-11-4-5-12-24(23)29-25(30)18-13-14-21(26)22(27)15-18;/h2-3,6-10,13-16,23-24,28H,4-5,11-12H2,1H3,(H,29,30);1H/t16?,23-,24-;/m1./s1. The Balaban J connectivity index is 0.00000272. The molecule has 4 rings (SSSR count). The van der Waals surface area contributed by atoms with E-state index in [1.807, 2.05) is 0 Å². The molecule has 0 aliphatic heterocycles. The maximum atomic E-state index is 12.8. The summed E-state index contributed by atoms with van der Waals surface area (Å²) in [5.41, 5.74) is 1.82. The second kappa shape index (κ2) is 10.7. The van der Waals surface area contributed by atoms with E-state index in [1.54, 1.807) is 18.2 Å². The van der Waals surface area contributed by atoms with Gasteiger partial charge in [-0.1, -0.05) is 78.5 Å². The first-order valence-electron chi connectivity index (χ1n) is 10.5. The van der Waals surface area contributed by atoms with E-state index in [0.717, 1.165) is 19.3 Å². The van der Waals surface area contributed by atoms with Crippen molar-refractivity contribution in [3.05, 3.63) is 81.8 Å². The molecule has 1 unspecified atom stereocenters. The van der Waals surface area contributed by atoms with Crippen LogP contribution in [-0.4, -0.2) is 18.0 Å². The molecular formula is C25H27Cl3N2O. The summed E-state index contributed by atoms with van der Waals surface area (Å²) >= 11 is 12.1. The molecule has 164 valence electrons. The number of carbonyl (C=O) groups is 1. The van der Waals surface area contributed by atoms with E-state index in [1.165, 1.54) is 22.8 Å². The molecule has 31 heavy (non-hydrogen) atoms. The molecule has 0 aromatic heterocycles. The second-order valence-corrected chi connectivity index (χ2v) is 8.87. The first-order chi connectivity index (χ1) is 14.5. The Hall–Kier alpha value is -1.78. The lowest BCUT2D eigenvalue weighted by Gasteiger charge is -2.35. The number of hydrogen-bond acceptors (Lipinski definition) is 2. The van der Waals surface area contributed by atoms with Crippen LogP contribution in [0.1, 0.15) is 54.6 Å². The highest BCUT2D eigenvalue weighted by Gasteiger charge is 2.28. The number of benzene rings is 3. The van der Waals surface area contributed by atoms with Crippen molar-refractivity contribution in [3.63, 3.8) is 0 Å².